The molecular formula is C13H24N2O3. The molecule has 2 atom stereocenters. The van der Waals surface area contributed by atoms with E-state index in [-0.39, 0.29) is 24.2 Å². The molecule has 1 aliphatic rings. The molecule has 0 spiro atoms. The molecule has 0 saturated carbocycles. The summed E-state index contributed by atoms with van der Waals surface area (Å²) in [5, 5.41) is 15.2. The zero-order valence-corrected chi connectivity index (χ0v) is 11.1. The second-order valence-electron chi connectivity index (χ2n) is 4.90. The Balaban J connectivity index is 2.50. The Morgan fingerprint density at radius 2 is 2.11 bits per heavy atom. The van der Waals surface area contributed by atoms with Gasteiger partial charge in [-0.2, -0.15) is 0 Å². The van der Waals surface area contributed by atoms with E-state index in [0.717, 1.165) is 32.4 Å². The maximum absolute atomic E-state index is 12.3. The minimum Gasteiger partial charge on any atom is -0.481 e. The molecule has 0 aromatic heterocycles. The number of carboxylic acids is 1. The number of nitrogens with one attached hydrogen (secondary N) is 2. The normalized spacial score (nSPS) is 21.5. The van der Waals surface area contributed by atoms with Crippen LogP contribution in [0.2, 0.25) is 0 Å². The minimum atomic E-state index is -0.881. The Labute approximate surface area is 108 Å². The number of aliphatic carboxylic acids is 1. The SMILES string of the molecule is CCCCC[C@H](CC(=O)O)C(=O)[C@H]1CNCCN1. The monoisotopic (exact) mass is 256 g/mol. The fourth-order valence-electron chi connectivity index (χ4n) is 2.34. The Kier molecular flexibility index (Phi) is 6.90. The van der Waals surface area contributed by atoms with Crippen LogP contribution >= 0.6 is 0 Å². The Morgan fingerprint density at radius 3 is 2.67 bits per heavy atom. The topological polar surface area (TPSA) is 78.4 Å². The van der Waals surface area contributed by atoms with E-state index < -0.39 is 5.97 Å². The maximum atomic E-state index is 12.3. The van der Waals surface area contributed by atoms with Gasteiger partial charge in [0.15, 0.2) is 5.78 Å². The Morgan fingerprint density at radius 1 is 1.33 bits per heavy atom. The largest absolute Gasteiger partial charge is 0.481 e. The van der Waals surface area contributed by atoms with Crippen molar-refractivity contribution in [2.45, 2.75) is 45.1 Å². The number of hydrogen-bond acceptors (Lipinski definition) is 4. The summed E-state index contributed by atoms with van der Waals surface area (Å²) in [7, 11) is 0. The van der Waals surface area contributed by atoms with Crippen molar-refractivity contribution < 1.29 is 14.7 Å². The molecule has 1 saturated heterocycles. The first-order chi connectivity index (χ1) is 8.65. The molecule has 0 bridgehead atoms. The number of ketones is 1. The highest BCUT2D eigenvalue weighted by molar-refractivity contribution is 5.89. The smallest absolute Gasteiger partial charge is 0.304 e. The van der Waals surface area contributed by atoms with Crippen molar-refractivity contribution in [3.8, 4) is 0 Å². The minimum absolute atomic E-state index is 0.0409. The lowest BCUT2D eigenvalue weighted by atomic mass is 9.89. The average Bonchev–Trinajstić information content (AvgIpc) is 2.37. The zero-order chi connectivity index (χ0) is 13.4. The maximum Gasteiger partial charge on any atom is 0.304 e. The van der Waals surface area contributed by atoms with Crippen LogP contribution < -0.4 is 10.6 Å². The van der Waals surface area contributed by atoms with Gasteiger partial charge in [-0.25, -0.2) is 0 Å². The second-order valence-corrected chi connectivity index (χ2v) is 4.90. The highest BCUT2D eigenvalue weighted by atomic mass is 16.4. The van der Waals surface area contributed by atoms with E-state index in [4.69, 9.17) is 5.11 Å². The first kappa shape index (κ1) is 15.1. The molecule has 1 rings (SSSR count). The van der Waals surface area contributed by atoms with Gasteiger partial charge in [0.05, 0.1) is 12.5 Å². The quantitative estimate of drug-likeness (QED) is 0.560. The number of piperazine rings is 1. The van der Waals surface area contributed by atoms with Crippen LogP contribution in [0.3, 0.4) is 0 Å². The van der Waals surface area contributed by atoms with Gasteiger partial charge < -0.3 is 15.7 Å². The third kappa shape index (κ3) is 5.14. The molecule has 1 heterocycles. The van der Waals surface area contributed by atoms with E-state index in [1.54, 1.807) is 0 Å². The van der Waals surface area contributed by atoms with Crippen molar-refractivity contribution >= 4 is 11.8 Å². The summed E-state index contributed by atoms with van der Waals surface area (Å²) in [6.07, 6.45) is 3.72. The predicted molar refractivity (Wildman–Crippen MR) is 69.6 cm³/mol. The van der Waals surface area contributed by atoms with Crippen molar-refractivity contribution in [2.24, 2.45) is 5.92 Å². The van der Waals surface area contributed by atoms with Gasteiger partial charge in [0, 0.05) is 25.6 Å². The molecule has 0 aliphatic carbocycles. The summed E-state index contributed by atoms with van der Waals surface area (Å²) in [4.78, 5) is 23.1. The fraction of sp³-hybridized carbons (Fsp3) is 0.846. The van der Waals surface area contributed by atoms with Gasteiger partial charge in [-0.3, -0.25) is 9.59 Å². The first-order valence-electron chi connectivity index (χ1n) is 6.84. The summed E-state index contributed by atoms with van der Waals surface area (Å²) in [6, 6.07) is -0.218. The van der Waals surface area contributed by atoms with Gasteiger partial charge in [-0.1, -0.05) is 26.2 Å². The van der Waals surface area contributed by atoms with E-state index in [0.29, 0.717) is 13.0 Å². The van der Waals surface area contributed by atoms with Gasteiger partial charge in [0.25, 0.3) is 0 Å². The molecule has 5 nitrogen and oxygen atoms in total. The number of hydrogen-bond donors (Lipinski definition) is 3. The molecule has 0 amide bonds. The lowest BCUT2D eigenvalue weighted by Gasteiger charge is -2.26. The summed E-state index contributed by atoms with van der Waals surface area (Å²) >= 11 is 0. The highest BCUT2D eigenvalue weighted by Gasteiger charge is 2.29. The van der Waals surface area contributed by atoms with E-state index in [2.05, 4.69) is 17.6 Å². The molecular weight excluding hydrogens is 232 g/mol. The zero-order valence-electron chi connectivity index (χ0n) is 11.1. The van der Waals surface area contributed by atoms with Crippen molar-refractivity contribution in [3.05, 3.63) is 0 Å². The molecule has 0 aromatic carbocycles. The van der Waals surface area contributed by atoms with Crippen LogP contribution in [0.15, 0.2) is 0 Å². The van der Waals surface area contributed by atoms with E-state index in [9.17, 15) is 9.59 Å². The molecule has 0 aromatic rings. The molecule has 104 valence electrons. The third-order valence-electron chi connectivity index (χ3n) is 3.36. The summed E-state index contributed by atoms with van der Waals surface area (Å²) in [5.41, 5.74) is 0. The van der Waals surface area contributed by atoms with Gasteiger partial charge in [0.1, 0.15) is 0 Å². The molecule has 5 heteroatoms. The average molecular weight is 256 g/mol. The number of rotatable bonds is 8. The standard InChI is InChI=1S/C13H24N2O3/c1-2-3-4-5-10(8-12(16)17)13(18)11-9-14-6-7-15-11/h10-11,14-15H,2-9H2,1H3,(H,16,17)/t10-,11-/m1/s1. The third-order valence-corrected chi connectivity index (χ3v) is 3.36. The van der Waals surface area contributed by atoms with Crippen LogP contribution in [0.1, 0.15) is 39.0 Å². The van der Waals surface area contributed by atoms with Crippen molar-refractivity contribution in [1.82, 2.24) is 10.6 Å². The van der Waals surface area contributed by atoms with E-state index in [1.165, 1.54) is 0 Å². The van der Waals surface area contributed by atoms with Crippen LogP contribution in [0, 0.1) is 5.92 Å². The van der Waals surface area contributed by atoms with Crippen molar-refractivity contribution in [1.29, 1.82) is 0 Å². The molecule has 0 radical (unpaired) electrons. The number of Topliss-reactive ketones (excluding diaryl/α,β-unsaturated/α-hetero) is 1. The van der Waals surface area contributed by atoms with Gasteiger partial charge >= 0.3 is 5.97 Å². The van der Waals surface area contributed by atoms with Gasteiger partial charge in [-0.15, -0.1) is 0 Å². The Hall–Kier alpha value is -0.940. The van der Waals surface area contributed by atoms with E-state index >= 15 is 0 Å². The van der Waals surface area contributed by atoms with Crippen molar-refractivity contribution in [3.63, 3.8) is 0 Å². The van der Waals surface area contributed by atoms with E-state index in [1.807, 2.05) is 0 Å². The number of carbonyl (C=O) groups excluding carboxylic acids is 1. The van der Waals surface area contributed by atoms with Crippen LogP contribution in [0.5, 0.6) is 0 Å². The molecule has 1 fully saturated rings. The predicted octanol–water partition coefficient (Wildman–Crippen LogP) is 0.788. The molecule has 18 heavy (non-hydrogen) atoms. The van der Waals surface area contributed by atoms with Crippen LogP contribution in [0.25, 0.3) is 0 Å². The van der Waals surface area contributed by atoms with Gasteiger partial charge in [-0.05, 0) is 6.42 Å². The first-order valence-corrected chi connectivity index (χ1v) is 6.84. The lowest BCUT2D eigenvalue weighted by molar-refractivity contribution is -0.141. The summed E-state index contributed by atoms with van der Waals surface area (Å²) < 4.78 is 0. The Bertz CT molecular complexity index is 275. The summed E-state index contributed by atoms with van der Waals surface area (Å²) in [5.74, 6) is -1.17. The summed E-state index contributed by atoms with van der Waals surface area (Å²) in [6.45, 7) is 4.34. The number of unbranched alkanes of at least 4 members (excludes halogenated alkanes) is 2. The highest BCUT2D eigenvalue weighted by Crippen LogP contribution is 2.17. The molecule has 1 aliphatic heterocycles. The van der Waals surface area contributed by atoms with Crippen molar-refractivity contribution in [2.75, 3.05) is 19.6 Å². The molecule has 3 N–H and O–H groups in total. The van der Waals surface area contributed by atoms with Gasteiger partial charge in [0.2, 0.25) is 0 Å². The van der Waals surface area contributed by atoms with Crippen LogP contribution in [-0.2, 0) is 9.59 Å². The lowest BCUT2D eigenvalue weighted by Crippen LogP contribution is -2.54. The molecule has 0 unspecified atom stereocenters. The number of carboxylic acid groups (broad SMARTS) is 1. The fourth-order valence-corrected chi connectivity index (χ4v) is 2.34. The number of carbonyl (C=O) groups is 2. The van der Waals surface area contributed by atoms with Crippen LogP contribution in [-0.4, -0.2) is 42.5 Å². The second kappa shape index (κ2) is 8.21. The van der Waals surface area contributed by atoms with Crippen LogP contribution in [0.4, 0.5) is 0 Å².